The van der Waals surface area contributed by atoms with Crippen molar-refractivity contribution in [3.63, 3.8) is 0 Å². The lowest BCUT2D eigenvalue weighted by Gasteiger charge is -2.15. The zero-order valence-electron chi connectivity index (χ0n) is 16.7. The van der Waals surface area contributed by atoms with Gasteiger partial charge in [-0.25, -0.2) is 4.79 Å². The molecule has 10 heteroatoms. The first-order valence-corrected chi connectivity index (χ1v) is 9.58. The van der Waals surface area contributed by atoms with E-state index in [0.717, 1.165) is 6.07 Å². The van der Waals surface area contributed by atoms with Gasteiger partial charge >= 0.3 is 18.2 Å². The fourth-order valence-electron chi connectivity index (χ4n) is 3.56. The summed E-state index contributed by atoms with van der Waals surface area (Å²) in [5.74, 6) is -0.500. The number of benzene rings is 2. The molecule has 0 bridgehead atoms. The number of cyclic esters (lactones) is 1. The molecule has 2 aromatic carbocycles. The maximum Gasteiger partial charge on any atom is 0.417 e. The van der Waals surface area contributed by atoms with E-state index in [2.05, 4.69) is 4.98 Å². The minimum Gasteiger partial charge on any atom is -0.462 e. The quantitative estimate of drug-likeness (QED) is 0.610. The number of amides is 1. The number of alkyl halides is 3. The molecule has 32 heavy (non-hydrogen) atoms. The average molecular weight is 446 g/mol. The number of esters is 1. The Labute approximate surface area is 179 Å². The van der Waals surface area contributed by atoms with Crippen LogP contribution in [0.4, 0.5) is 23.7 Å². The number of rotatable bonds is 4. The molecule has 0 spiro atoms. The normalized spacial score (nSPS) is 16.3. The highest BCUT2D eigenvalue weighted by atomic mass is 19.4. The van der Waals surface area contributed by atoms with E-state index in [1.807, 2.05) is 0 Å². The molecule has 1 aromatic heterocycles. The smallest absolute Gasteiger partial charge is 0.417 e. The highest BCUT2D eigenvalue weighted by molar-refractivity contribution is 5.94. The zero-order chi connectivity index (χ0) is 23.0. The molecule has 4 rings (SSSR count). The van der Waals surface area contributed by atoms with Crippen molar-refractivity contribution in [2.45, 2.75) is 19.2 Å². The Hall–Kier alpha value is -3.82. The van der Waals surface area contributed by atoms with Gasteiger partial charge in [0.15, 0.2) is 6.10 Å². The lowest BCUT2D eigenvalue weighted by molar-refractivity contribution is -0.143. The lowest BCUT2D eigenvalue weighted by Crippen LogP contribution is -2.26. The fraction of sp³-hybridized carbons (Fsp3) is 0.227. The van der Waals surface area contributed by atoms with E-state index < -0.39 is 35.5 Å². The summed E-state index contributed by atoms with van der Waals surface area (Å²) >= 11 is 0. The van der Waals surface area contributed by atoms with Crippen molar-refractivity contribution in [1.82, 2.24) is 4.98 Å². The molecule has 0 aliphatic carbocycles. The van der Waals surface area contributed by atoms with E-state index in [-0.39, 0.29) is 29.8 Å². The number of nitrogens with zero attached hydrogens (tertiary/aromatic N) is 1. The van der Waals surface area contributed by atoms with Gasteiger partial charge in [0.05, 0.1) is 12.1 Å². The van der Waals surface area contributed by atoms with Crippen molar-refractivity contribution < 1.29 is 32.2 Å². The third-order valence-electron chi connectivity index (χ3n) is 5.01. The molecule has 1 atom stereocenters. The number of fused-ring (bicyclic) bond motifs is 1. The van der Waals surface area contributed by atoms with Crippen molar-refractivity contribution in [1.29, 1.82) is 0 Å². The van der Waals surface area contributed by atoms with Crippen LogP contribution < -0.4 is 10.5 Å². The number of carbonyl (C=O) groups is 2. The van der Waals surface area contributed by atoms with E-state index in [4.69, 9.17) is 9.47 Å². The first-order valence-electron chi connectivity index (χ1n) is 9.58. The number of hydrogen-bond acceptors (Lipinski definition) is 5. The molecule has 1 aliphatic heterocycles. The summed E-state index contributed by atoms with van der Waals surface area (Å²) in [5.41, 5.74) is -1.18. The number of hydrogen-bond donors (Lipinski definition) is 1. The molecule has 3 aromatic rings. The van der Waals surface area contributed by atoms with Crippen LogP contribution in [-0.4, -0.2) is 36.3 Å². The predicted octanol–water partition coefficient (Wildman–Crippen LogP) is 4.10. The van der Waals surface area contributed by atoms with Crippen LogP contribution in [0.2, 0.25) is 0 Å². The van der Waals surface area contributed by atoms with E-state index in [1.165, 1.54) is 42.2 Å². The topological polar surface area (TPSA) is 88.7 Å². The number of aromatic amines is 1. The van der Waals surface area contributed by atoms with Crippen LogP contribution in [0.15, 0.2) is 53.3 Å². The van der Waals surface area contributed by atoms with Gasteiger partial charge in [-0.05, 0) is 29.7 Å². The summed E-state index contributed by atoms with van der Waals surface area (Å²) in [5, 5.41) is 0.612. The highest BCUT2D eigenvalue weighted by Gasteiger charge is 2.34. The maximum absolute atomic E-state index is 13.4. The van der Waals surface area contributed by atoms with Crippen LogP contribution in [0.3, 0.4) is 0 Å². The number of pyridine rings is 1. The number of nitrogens with one attached hydrogen (secondary N) is 1. The van der Waals surface area contributed by atoms with E-state index >= 15 is 0 Å². The Morgan fingerprint density at radius 2 is 1.94 bits per heavy atom. The van der Waals surface area contributed by atoms with Crippen molar-refractivity contribution in [2.24, 2.45) is 0 Å². The second-order valence-electron chi connectivity index (χ2n) is 7.25. The standard InChI is InChI=1S/C22H17F3N2O5/c1-12(28)31-11-15-10-27(21(30)32-15)14-7-6-13-8-19(26-20(29)17(13)9-14)16-4-2-3-5-18(16)22(23,24)25/h2-9,15H,10-11H2,1H3,(H,26,29). The number of aromatic nitrogens is 1. The number of anilines is 1. The zero-order valence-corrected chi connectivity index (χ0v) is 16.7. The Balaban J connectivity index is 1.68. The van der Waals surface area contributed by atoms with E-state index in [1.54, 1.807) is 12.1 Å². The molecular formula is C22H17F3N2O5. The van der Waals surface area contributed by atoms with Gasteiger partial charge in [-0.1, -0.05) is 24.3 Å². The lowest BCUT2D eigenvalue weighted by atomic mass is 10.0. The third kappa shape index (κ3) is 4.16. The molecule has 1 aliphatic rings. The monoisotopic (exact) mass is 446 g/mol. The van der Waals surface area contributed by atoms with E-state index in [9.17, 15) is 27.6 Å². The summed E-state index contributed by atoms with van der Waals surface area (Å²) < 4.78 is 50.1. The fourth-order valence-corrected chi connectivity index (χ4v) is 3.56. The molecular weight excluding hydrogens is 429 g/mol. The van der Waals surface area contributed by atoms with Gasteiger partial charge in [-0.3, -0.25) is 14.5 Å². The molecule has 1 amide bonds. The largest absolute Gasteiger partial charge is 0.462 e. The van der Waals surface area contributed by atoms with Gasteiger partial charge < -0.3 is 14.5 Å². The molecule has 0 radical (unpaired) electrons. The van der Waals surface area contributed by atoms with Crippen LogP contribution >= 0.6 is 0 Å². The van der Waals surface area contributed by atoms with Crippen LogP contribution in [0.1, 0.15) is 12.5 Å². The second-order valence-corrected chi connectivity index (χ2v) is 7.25. The van der Waals surface area contributed by atoms with Crippen molar-refractivity contribution in [3.05, 3.63) is 64.4 Å². The van der Waals surface area contributed by atoms with Crippen molar-refractivity contribution >= 4 is 28.5 Å². The molecule has 1 saturated heterocycles. The summed E-state index contributed by atoms with van der Waals surface area (Å²) in [7, 11) is 0. The predicted molar refractivity (Wildman–Crippen MR) is 109 cm³/mol. The SMILES string of the molecule is CC(=O)OCC1CN(c2ccc3cc(-c4ccccc4C(F)(F)F)[nH]c(=O)c3c2)C(=O)O1. The molecule has 166 valence electrons. The summed E-state index contributed by atoms with van der Waals surface area (Å²) in [6, 6.07) is 11.0. The first-order chi connectivity index (χ1) is 15.1. The maximum atomic E-state index is 13.4. The summed E-state index contributed by atoms with van der Waals surface area (Å²) in [4.78, 5) is 39.6. The molecule has 0 saturated carbocycles. The summed E-state index contributed by atoms with van der Waals surface area (Å²) in [6.07, 6.45) is -5.89. The van der Waals surface area contributed by atoms with Crippen molar-refractivity contribution in [2.75, 3.05) is 18.1 Å². The average Bonchev–Trinajstić information content (AvgIpc) is 3.12. The summed E-state index contributed by atoms with van der Waals surface area (Å²) in [6.45, 7) is 1.27. The molecule has 1 fully saturated rings. The van der Waals surface area contributed by atoms with Crippen LogP contribution in [0.25, 0.3) is 22.0 Å². The molecule has 1 N–H and O–H groups in total. The molecule has 1 unspecified atom stereocenters. The Bertz CT molecular complexity index is 1270. The Morgan fingerprint density at radius 3 is 2.66 bits per heavy atom. The number of ether oxygens (including phenoxy) is 2. The van der Waals surface area contributed by atoms with Gasteiger partial charge in [0.1, 0.15) is 6.61 Å². The number of H-pyrrole nitrogens is 1. The van der Waals surface area contributed by atoms with Crippen molar-refractivity contribution in [3.8, 4) is 11.3 Å². The highest BCUT2D eigenvalue weighted by Crippen LogP contribution is 2.36. The Morgan fingerprint density at radius 1 is 1.19 bits per heavy atom. The Kier molecular flexibility index (Phi) is 5.37. The number of halogens is 3. The first kappa shape index (κ1) is 21.4. The second kappa shape index (κ2) is 8.03. The number of carbonyl (C=O) groups excluding carboxylic acids is 2. The third-order valence-corrected chi connectivity index (χ3v) is 5.01. The van der Waals surface area contributed by atoms with Gasteiger partial charge in [0.25, 0.3) is 5.56 Å². The van der Waals surface area contributed by atoms with Gasteiger partial charge in [0, 0.05) is 29.3 Å². The molecule has 7 nitrogen and oxygen atoms in total. The molecule has 2 heterocycles. The van der Waals surface area contributed by atoms with Crippen LogP contribution in [0, 0.1) is 0 Å². The van der Waals surface area contributed by atoms with Crippen LogP contribution in [0.5, 0.6) is 0 Å². The van der Waals surface area contributed by atoms with Gasteiger partial charge in [-0.2, -0.15) is 13.2 Å². The minimum absolute atomic E-state index is 0.0326. The minimum atomic E-state index is -4.58. The van der Waals surface area contributed by atoms with Gasteiger partial charge in [0.2, 0.25) is 0 Å². The van der Waals surface area contributed by atoms with Crippen LogP contribution in [-0.2, 0) is 20.4 Å². The van der Waals surface area contributed by atoms with E-state index in [0.29, 0.717) is 11.1 Å². The van der Waals surface area contributed by atoms with Gasteiger partial charge in [-0.15, -0.1) is 0 Å².